The minimum Gasteiger partial charge on any atom is -0.352 e. The number of carbonyl (C=O) groups excluding carboxylic acids is 2. The molecule has 1 N–H and O–H groups in total. The first kappa shape index (κ1) is 28.0. The molecule has 0 bridgehead atoms. The quantitative estimate of drug-likeness (QED) is 0.454. The summed E-state index contributed by atoms with van der Waals surface area (Å²) in [4.78, 5) is 28.0. The lowest BCUT2D eigenvalue weighted by molar-refractivity contribution is -0.140. The van der Waals surface area contributed by atoms with Gasteiger partial charge >= 0.3 is 0 Å². The van der Waals surface area contributed by atoms with E-state index in [1.807, 2.05) is 37.3 Å². The Morgan fingerprint density at radius 3 is 2.36 bits per heavy atom. The average Bonchev–Trinajstić information content (AvgIpc) is 3.33. The zero-order valence-electron chi connectivity index (χ0n) is 21.2. The third-order valence-electron chi connectivity index (χ3n) is 6.70. The summed E-state index contributed by atoms with van der Waals surface area (Å²) in [6.07, 6.45) is 5.69. The van der Waals surface area contributed by atoms with Crippen molar-refractivity contribution in [3.63, 3.8) is 0 Å². The first-order valence-electron chi connectivity index (χ1n) is 12.4. The van der Waals surface area contributed by atoms with Gasteiger partial charge in [0.05, 0.1) is 11.9 Å². The molecule has 0 spiro atoms. The third-order valence-corrected chi connectivity index (χ3v) is 8.25. The zero-order valence-corrected chi connectivity index (χ0v) is 22.8. The number of rotatable bonds is 11. The van der Waals surface area contributed by atoms with Crippen molar-refractivity contribution >= 4 is 39.1 Å². The van der Waals surface area contributed by atoms with Crippen LogP contribution >= 0.6 is 11.6 Å². The highest BCUT2D eigenvalue weighted by Crippen LogP contribution is 2.24. The van der Waals surface area contributed by atoms with Crippen molar-refractivity contribution in [3.05, 3.63) is 64.7 Å². The van der Waals surface area contributed by atoms with Crippen LogP contribution < -0.4 is 9.62 Å². The topological polar surface area (TPSA) is 86.8 Å². The Labute approximate surface area is 219 Å². The molecule has 196 valence electrons. The Kier molecular flexibility index (Phi) is 9.79. The summed E-state index contributed by atoms with van der Waals surface area (Å²) >= 11 is 6.36. The van der Waals surface area contributed by atoms with E-state index in [-0.39, 0.29) is 37.4 Å². The molecule has 1 saturated carbocycles. The number of anilines is 1. The van der Waals surface area contributed by atoms with Crippen LogP contribution in [0.2, 0.25) is 5.02 Å². The number of nitrogens with one attached hydrogen (secondary N) is 1. The maximum Gasteiger partial charge on any atom is 0.242 e. The highest BCUT2D eigenvalue weighted by atomic mass is 35.5. The fraction of sp³-hybridized carbons (Fsp3) is 0.481. The number of sulfonamides is 1. The van der Waals surface area contributed by atoms with Gasteiger partial charge in [-0.15, -0.1) is 0 Å². The molecule has 3 rings (SSSR count). The number of hydrogen-bond acceptors (Lipinski definition) is 4. The van der Waals surface area contributed by atoms with E-state index in [4.69, 9.17) is 11.6 Å². The zero-order chi connectivity index (χ0) is 26.3. The molecule has 36 heavy (non-hydrogen) atoms. The van der Waals surface area contributed by atoms with E-state index in [1.54, 1.807) is 30.0 Å². The van der Waals surface area contributed by atoms with Crippen molar-refractivity contribution in [2.75, 3.05) is 17.1 Å². The van der Waals surface area contributed by atoms with Crippen molar-refractivity contribution < 1.29 is 18.0 Å². The van der Waals surface area contributed by atoms with Crippen molar-refractivity contribution in [2.45, 2.75) is 71.0 Å². The normalized spacial score (nSPS) is 14.9. The van der Waals surface area contributed by atoms with Crippen molar-refractivity contribution in [3.8, 4) is 0 Å². The van der Waals surface area contributed by atoms with Crippen LogP contribution in [0.5, 0.6) is 0 Å². The monoisotopic (exact) mass is 533 g/mol. The summed E-state index contributed by atoms with van der Waals surface area (Å²) in [7, 11) is -3.53. The maximum atomic E-state index is 13.4. The number of amides is 2. The molecule has 1 atom stereocenters. The van der Waals surface area contributed by atoms with Gasteiger partial charge < -0.3 is 10.2 Å². The second-order valence-corrected chi connectivity index (χ2v) is 11.8. The second-order valence-electron chi connectivity index (χ2n) is 9.50. The Balaban J connectivity index is 1.73. The number of para-hydroxylation sites is 1. The maximum absolute atomic E-state index is 13.4. The van der Waals surface area contributed by atoms with Crippen LogP contribution in [0.4, 0.5) is 5.69 Å². The number of carbonyl (C=O) groups is 2. The molecule has 0 saturated heterocycles. The first-order chi connectivity index (χ1) is 17.1. The smallest absolute Gasteiger partial charge is 0.242 e. The molecule has 2 amide bonds. The van der Waals surface area contributed by atoms with Crippen LogP contribution in [0.25, 0.3) is 0 Å². The van der Waals surface area contributed by atoms with E-state index < -0.39 is 16.1 Å². The largest absolute Gasteiger partial charge is 0.352 e. The van der Waals surface area contributed by atoms with Gasteiger partial charge in [0.1, 0.15) is 6.04 Å². The van der Waals surface area contributed by atoms with Gasteiger partial charge in [0.25, 0.3) is 0 Å². The highest BCUT2D eigenvalue weighted by molar-refractivity contribution is 7.92. The minimum absolute atomic E-state index is 0.101. The first-order valence-corrected chi connectivity index (χ1v) is 14.7. The number of aryl methyl sites for hydroxylation is 1. The molecular formula is C27H36ClN3O4S. The van der Waals surface area contributed by atoms with E-state index in [1.165, 1.54) is 10.6 Å². The van der Waals surface area contributed by atoms with Gasteiger partial charge in [0.15, 0.2) is 0 Å². The predicted molar refractivity (Wildman–Crippen MR) is 144 cm³/mol. The molecule has 0 unspecified atom stereocenters. The Hall–Kier alpha value is -2.58. The molecule has 9 heteroatoms. The van der Waals surface area contributed by atoms with Gasteiger partial charge in [-0.2, -0.15) is 0 Å². The fourth-order valence-electron chi connectivity index (χ4n) is 4.61. The highest BCUT2D eigenvalue weighted by Gasteiger charge is 2.29. The Morgan fingerprint density at radius 1 is 1.08 bits per heavy atom. The average molecular weight is 534 g/mol. The van der Waals surface area contributed by atoms with Gasteiger partial charge in [0, 0.05) is 30.6 Å². The molecule has 1 fully saturated rings. The van der Waals surface area contributed by atoms with E-state index in [9.17, 15) is 18.0 Å². The SMILES string of the molecule is Cc1ccccc1N(CCCC(=O)N(Cc1ccccc1Cl)[C@@H](C)C(=O)NC1CCCC1)S(C)(=O)=O. The standard InChI is InChI=1S/C27H36ClN3O4S/c1-20-11-4-9-16-25(20)31(36(3,34)35)18-10-17-26(32)30(19-22-12-5-8-15-24(22)28)21(2)27(33)29-23-13-6-7-14-23/h4-5,8-9,11-12,15-16,21,23H,6-7,10,13-14,17-19H2,1-3H3,(H,29,33)/t21-/m0/s1. The van der Waals surface area contributed by atoms with Gasteiger partial charge in [-0.25, -0.2) is 8.42 Å². The number of hydrogen-bond donors (Lipinski definition) is 1. The predicted octanol–water partition coefficient (Wildman–Crippen LogP) is 4.67. The third kappa shape index (κ3) is 7.46. The lowest BCUT2D eigenvalue weighted by Gasteiger charge is -2.30. The summed E-state index contributed by atoms with van der Waals surface area (Å²) in [5.41, 5.74) is 2.20. The van der Waals surface area contributed by atoms with E-state index >= 15 is 0 Å². The van der Waals surface area contributed by atoms with Crippen LogP contribution in [0, 0.1) is 6.92 Å². The minimum atomic E-state index is -3.53. The number of benzene rings is 2. The van der Waals surface area contributed by atoms with Crippen LogP contribution in [0.15, 0.2) is 48.5 Å². The van der Waals surface area contributed by atoms with Crippen LogP contribution in [-0.2, 0) is 26.2 Å². The lowest BCUT2D eigenvalue weighted by atomic mass is 10.1. The van der Waals surface area contributed by atoms with Crippen molar-refractivity contribution in [1.82, 2.24) is 10.2 Å². The molecule has 2 aromatic rings. The van der Waals surface area contributed by atoms with Gasteiger partial charge in [0.2, 0.25) is 21.8 Å². The summed E-state index contributed by atoms with van der Waals surface area (Å²) in [5, 5.41) is 3.61. The number of nitrogens with zero attached hydrogens (tertiary/aromatic N) is 2. The van der Waals surface area contributed by atoms with Crippen LogP contribution in [0.1, 0.15) is 56.6 Å². The molecule has 0 aromatic heterocycles. The van der Waals surface area contributed by atoms with Crippen molar-refractivity contribution in [2.24, 2.45) is 0 Å². The summed E-state index contributed by atoms with van der Waals surface area (Å²) in [6, 6.07) is 14.0. The lowest BCUT2D eigenvalue weighted by Crippen LogP contribution is -2.49. The fourth-order valence-corrected chi connectivity index (χ4v) is 5.83. The molecule has 0 radical (unpaired) electrons. The molecule has 7 nitrogen and oxygen atoms in total. The van der Waals surface area contributed by atoms with E-state index in [0.29, 0.717) is 17.1 Å². The molecule has 1 aliphatic carbocycles. The van der Waals surface area contributed by atoms with Gasteiger partial charge in [-0.05, 0) is 56.4 Å². The molecule has 0 heterocycles. The number of halogens is 1. The molecule has 0 aliphatic heterocycles. The molecular weight excluding hydrogens is 498 g/mol. The molecule has 1 aliphatic rings. The summed E-state index contributed by atoms with van der Waals surface area (Å²) in [6.45, 7) is 3.95. The Bertz CT molecular complexity index is 1170. The van der Waals surface area contributed by atoms with Gasteiger partial charge in [-0.1, -0.05) is 60.8 Å². The summed E-state index contributed by atoms with van der Waals surface area (Å²) < 4.78 is 26.3. The van der Waals surface area contributed by atoms with Crippen LogP contribution in [0.3, 0.4) is 0 Å². The molecule has 2 aromatic carbocycles. The van der Waals surface area contributed by atoms with Gasteiger partial charge in [-0.3, -0.25) is 13.9 Å². The van der Waals surface area contributed by atoms with Crippen LogP contribution in [-0.4, -0.2) is 50.0 Å². The second kappa shape index (κ2) is 12.6. The van der Waals surface area contributed by atoms with E-state index in [0.717, 1.165) is 36.8 Å². The van der Waals surface area contributed by atoms with Crippen molar-refractivity contribution in [1.29, 1.82) is 0 Å². The Morgan fingerprint density at radius 2 is 1.72 bits per heavy atom. The van der Waals surface area contributed by atoms with E-state index in [2.05, 4.69) is 5.32 Å². The summed E-state index contributed by atoms with van der Waals surface area (Å²) in [5.74, 6) is -0.401.